The summed E-state index contributed by atoms with van der Waals surface area (Å²) in [6.45, 7) is 1.81. The van der Waals surface area contributed by atoms with Crippen molar-refractivity contribution in [3.63, 3.8) is 0 Å². The van der Waals surface area contributed by atoms with Gasteiger partial charge in [-0.25, -0.2) is 8.42 Å². The number of methoxy groups -OCH3 is 1. The number of nitrogens with zero attached hydrogens (tertiary/aromatic N) is 3. The smallest absolute Gasteiger partial charge is 0.238 e. The van der Waals surface area contributed by atoms with E-state index < -0.39 is 16.0 Å². The highest BCUT2D eigenvalue weighted by atomic mass is 32.2. The van der Waals surface area contributed by atoms with Gasteiger partial charge in [0.2, 0.25) is 21.7 Å². The van der Waals surface area contributed by atoms with Crippen molar-refractivity contribution in [2.24, 2.45) is 0 Å². The Morgan fingerprint density at radius 1 is 1.14 bits per heavy atom. The predicted octanol–water partition coefficient (Wildman–Crippen LogP) is 1.73. The van der Waals surface area contributed by atoms with Crippen molar-refractivity contribution in [2.75, 3.05) is 34.3 Å². The zero-order valence-electron chi connectivity index (χ0n) is 21.0. The van der Waals surface area contributed by atoms with Crippen molar-refractivity contribution in [1.29, 1.82) is 0 Å². The molecule has 2 aromatic carbocycles. The van der Waals surface area contributed by atoms with Crippen molar-refractivity contribution in [3.05, 3.63) is 54.1 Å². The third-order valence-electron chi connectivity index (χ3n) is 6.06. The van der Waals surface area contributed by atoms with Crippen molar-refractivity contribution < 1.29 is 28.0 Å². The molecular weight excluding hydrogens is 484 g/mol. The molecule has 2 aromatic rings. The highest BCUT2D eigenvalue weighted by Gasteiger charge is 2.36. The number of benzene rings is 2. The van der Waals surface area contributed by atoms with Crippen LogP contribution in [0.2, 0.25) is 0 Å². The van der Waals surface area contributed by atoms with E-state index in [2.05, 4.69) is 5.32 Å². The Hall–Kier alpha value is -2.99. The van der Waals surface area contributed by atoms with Gasteiger partial charge in [-0.2, -0.15) is 5.06 Å². The fourth-order valence-corrected chi connectivity index (χ4v) is 5.84. The lowest BCUT2D eigenvalue weighted by Crippen LogP contribution is -2.58. The van der Waals surface area contributed by atoms with E-state index in [-0.39, 0.29) is 40.7 Å². The van der Waals surface area contributed by atoms with Gasteiger partial charge < -0.3 is 25.1 Å². The zero-order valence-corrected chi connectivity index (χ0v) is 21.9. The Morgan fingerprint density at radius 3 is 2.42 bits per heavy atom. The van der Waals surface area contributed by atoms with Crippen LogP contribution >= 0.6 is 0 Å². The number of sulfone groups is 1. The van der Waals surface area contributed by atoms with Crippen LogP contribution in [0.25, 0.3) is 0 Å². The Morgan fingerprint density at radius 2 is 1.81 bits per heavy atom. The van der Waals surface area contributed by atoms with Gasteiger partial charge in [0.25, 0.3) is 0 Å². The number of likely N-dealkylation sites (N-methyl/N-ethyl adjacent to an activating group) is 1. The predicted molar refractivity (Wildman–Crippen MR) is 133 cm³/mol. The second kappa shape index (κ2) is 11.8. The monoisotopic (exact) mass is 518 g/mol. The lowest BCUT2D eigenvalue weighted by Gasteiger charge is -2.43. The van der Waals surface area contributed by atoms with Gasteiger partial charge in [-0.1, -0.05) is 18.2 Å². The first-order valence-corrected chi connectivity index (χ1v) is 13.1. The average Bonchev–Trinajstić information content (AvgIpc) is 2.83. The largest absolute Gasteiger partial charge is 0.497 e. The number of ether oxygens (including phenoxy) is 1. The second-order valence-electron chi connectivity index (χ2n) is 9.11. The molecule has 0 aliphatic carbocycles. The molecule has 3 rings (SSSR count). The number of hydroxylamine groups is 2. The molecule has 1 aliphatic heterocycles. The highest BCUT2D eigenvalue weighted by molar-refractivity contribution is 7.91. The summed E-state index contributed by atoms with van der Waals surface area (Å²) in [7, 11) is 1.19. The van der Waals surface area contributed by atoms with Gasteiger partial charge in [-0.15, -0.1) is 0 Å². The molecule has 11 heteroatoms. The van der Waals surface area contributed by atoms with Crippen LogP contribution in [0, 0.1) is 0 Å². The van der Waals surface area contributed by atoms with E-state index in [0.29, 0.717) is 30.7 Å². The minimum absolute atomic E-state index is 0.0644. The van der Waals surface area contributed by atoms with Crippen molar-refractivity contribution in [1.82, 2.24) is 20.2 Å². The molecule has 10 nitrogen and oxygen atoms in total. The summed E-state index contributed by atoms with van der Waals surface area (Å²) in [5.41, 5.74) is 0.387. The van der Waals surface area contributed by atoms with Crippen LogP contribution in [0.3, 0.4) is 0 Å². The molecule has 36 heavy (non-hydrogen) atoms. The fraction of sp³-hybridized carbons (Fsp3) is 0.440. The van der Waals surface area contributed by atoms with E-state index in [1.807, 2.05) is 0 Å². The summed E-state index contributed by atoms with van der Waals surface area (Å²) >= 11 is 0. The summed E-state index contributed by atoms with van der Waals surface area (Å²) < 4.78 is 32.0. The normalized spacial score (nSPS) is 18.4. The Labute approximate surface area is 212 Å². The second-order valence-corrected chi connectivity index (χ2v) is 11.0. The molecule has 0 bridgehead atoms. The number of carbonyl (C=O) groups excluding carboxylic acids is 2. The number of rotatable bonds is 9. The molecule has 0 saturated carbocycles. The van der Waals surface area contributed by atoms with Gasteiger partial charge in [-0.05, 0) is 56.4 Å². The van der Waals surface area contributed by atoms with E-state index in [1.54, 1.807) is 54.2 Å². The number of likely N-dealkylation sites (tertiary alicyclic amines) is 1. The van der Waals surface area contributed by atoms with Crippen LogP contribution in [0.1, 0.15) is 25.3 Å². The zero-order chi connectivity index (χ0) is 26.5. The average molecular weight is 519 g/mol. The SMILES string of the molecule is COc1ccc(S(=O)(=O)c2ccccc2CN(O)[C@@H]2CC(NC(C)=O)CCN2C(=O)CN(C)C)cc1. The number of amides is 2. The summed E-state index contributed by atoms with van der Waals surface area (Å²) in [4.78, 5) is 28.0. The molecule has 0 spiro atoms. The van der Waals surface area contributed by atoms with Gasteiger partial charge in [0.05, 0.1) is 30.0 Å². The Balaban J connectivity index is 1.89. The van der Waals surface area contributed by atoms with Gasteiger partial charge in [0.1, 0.15) is 11.9 Å². The lowest BCUT2D eigenvalue weighted by atomic mass is 10.0. The number of hydrogen-bond donors (Lipinski definition) is 2. The van der Waals surface area contributed by atoms with Crippen LogP contribution in [0.4, 0.5) is 0 Å². The first-order chi connectivity index (χ1) is 17.0. The first-order valence-electron chi connectivity index (χ1n) is 11.7. The summed E-state index contributed by atoms with van der Waals surface area (Å²) in [5.74, 6) is 0.189. The maximum Gasteiger partial charge on any atom is 0.238 e. The first kappa shape index (κ1) is 27.6. The molecule has 0 radical (unpaired) electrons. The third kappa shape index (κ3) is 6.61. The van der Waals surface area contributed by atoms with Gasteiger partial charge >= 0.3 is 0 Å². The highest BCUT2D eigenvalue weighted by Crippen LogP contribution is 2.28. The van der Waals surface area contributed by atoms with Gasteiger partial charge in [0.15, 0.2) is 0 Å². The standard InChI is InChI=1S/C25H34N4O6S/c1-18(30)26-20-13-14-28(25(31)17-27(2)3)24(15-20)29(32)16-19-7-5-6-8-23(19)36(33,34)22-11-9-21(35-4)10-12-22/h5-12,20,24,32H,13-17H2,1-4H3,(H,26,30)/t20?,24-/m1/s1. The van der Waals surface area contributed by atoms with Crippen LogP contribution in [0.15, 0.2) is 58.3 Å². The molecule has 1 heterocycles. The fourth-order valence-electron chi connectivity index (χ4n) is 4.36. The third-order valence-corrected chi connectivity index (χ3v) is 7.93. The lowest BCUT2D eigenvalue weighted by molar-refractivity contribution is -0.196. The van der Waals surface area contributed by atoms with E-state index in [1.165, 1.54) is 32.2 Å². The molecule has 196 valence electrons. The van der Waals surface area contributed by atoms with Crippen LogP contribution < -0.4 is 10.1 Å². The number of nitrogens with one attached hydrogen (secondary N) is 1. The minimum Gasteiger partial charge on any atom is -0.497 e. The summed E-state index contributed by atoms with van der Waals surface area (Å²) in [6, 6.07) is 12.3. The molecule has 1 saturated heterocycles. The Kier molecular flexibility index (Phi) is 9.07. The summed E-state index contributed by atoms with van der Waals surface area (Å²) in [5, 5.41) is 15.0. The van der Waals surface area contributed by atoms with Gasteiger partial charge in [-0.3, -0.25) is 9.59 Å². The van der Waals surface area contributed by atoms with E-state index in [4.69, 9.17) is 4.74 Å². The minimum atomic E-state index is -3.88. The van der Waals surface area contributed by atoms with Crippen molar-refractivity contribution in [3.8, 4) is 5.75 Å². The van der Waals surface area contributed by atoms with E-state index in [0.717, 1.165) is 5.06 Å². The maximum absolute atomic E-state index is 13.4. The number of carbonyl (C=O) groups is 2. The number of hydrogen-bond acceptors (Lipinski definition) is 8. The van der Waals surface area contributed by atoms with Crippen LogP contribution in [-0.2, 0) is 26.0 Å². The molecule has 2 atom stereocenters. The molecule has 1 aliphatic rings. The quantitative estimate of drug-likeness (QED) is 0.482. The van der Waals surface area contributed by atoms with Gasteiger partial charge in [0, 0.05) is 25.9 Å². The maximum atomic E-state index is 13.4. The molecule has 2 N–H and O–H groups in total. The van der Waals surface area contributed by atoms with Crippen molar-refractivity contribution >= 4 is 21.7 Å². The van der Waals surface area contributed by atoms with Crippen molar-refractivity contribution in [2.45, 2.75) is 48.3 Å². The molecule has 1 unspecified atom stereocenters. The molecule has 2 amide bonds. The number of piperidine rings is 1. The molecule has 0 aromatic heterocycles. The Bertz CT molecular complexity index is 1170. The summed E-state index contributed by atoms with van der Waals surface area (Å²) in [6.07, 6.45) is 0.133. The van der Waals surface area contributed by atoms with E-state index >= 15 is 0 Å². The van der Waals surface area contributed by atoms with Crippen LogP contribution in [0.5, 0.6) is 5.75 Å². The topological polar surface area (TPSA) is 119 Å². The van der Waals surface area contributed by atoms with E-state index in [9.17, 15) is 23.2 Å². The molecule has 1 fully saturated rings. The van der Waals surface area contributed by atoms with Crippen LogP contribution in [-0.4, -0.2) is 86.8 Å². The molecular formula is C25H34N4O6S.